The van der Waals surface area contributed by atoms with Crippen molar-refractivity contribution in [3.63, 3.8) is 0 Å². The van der Waals surface area contributed by atoms with Gasteiger partial charge in [0.1, 0.15) is 0 Å². The molecule has 0 radical (unpaired) electrons. The minimum Gasteiger partial charge on any atom is -0.466 e. The number of hydrogen-bond acceptors (Lipinski definition) is 3. The van der Waals surface area contributed by atoms with Crippen LogP contribution in [0.3, 0.4) is 0 Å². The highest BCUT2D eigenvalue weighted by atomic mass is 32.1. The first-order chi connectivity index (χ1) is 5.85. The third kappa shape index (κ3) is 7.91. The summed E-state index contributed by atoms with van der Waals surface area (Å²) in [4.78, 5) is 11.8. The van der Waals surface area contributed by atoms with Crippen molar-refractivity contribution in [2.75, 3.05) is 6.61 Å². The largest absolute Gasteiger partial charge is 0.466 e. The number of carbonyl (C=O) groups excluding carboxylic acids is 1. The fourth-order valence-electron chi connectivity index (χ4n) is 1.03. The molecule has 0 atom stereocenters. The molecule has 0 aromatic carbocycles. The van der Waals surface area contributed by atoms with Crippen LogP contribution in [0.2, 0.25) is 0 Å². The molecule has 0 aliphatic carbocycles. The fourth-order valence-corrected chi connectivity index (χ4v) is 1.58. The van der Waals surface area contributed by atoms with Gasteiger partial charge in [-0.2, -0.15) is 0 Å². The Labute approximate surface area is 85.7 Å². The van der Waals surface area contributed by atoms with Crippen LogP contribution in [0.4, 0.5) is 0 Å². The summed E-state index contributed by atoms with van der Waals surface area (Å²) in [7, 11) is 0. The van der Waals surface area contributed by atoms with E-state index in [4.69, 9.17) is 17.0 Å². The quantitative estimate of drug-likeness (QED) is 0.518. The van der Waals surface area contributed by atoms with E-state index < -0.39 is 0 Å². The van der Waals surface area contributed by atoms with Gasteiger partial charge in [0.05, 0.1) is 13.0 Å². The van der Waals surface area contributed by atoms with E-state index in [-0.39, 0.29) is 17.8 Å². The summed E-state index contributed by atoms with van der Waals surface area (Å²) in [6.07, 6.45) is 1.07. The number of carbonyl (C=O) groups is 1. The monoisotopic (exact) mass is 202 g/mol. The molecule has 0 fully saturated rings. The second-order valence-corrected chi connectivity index (χ2v) is 4.84. The molecule has 2 nitrogen and oxygen atoms in total. The molecule has 0 saturated heterocycles. The van der Waals surface area contributed by atoms with Crippen molar-refractivity contribution in [1.82, 2.24) is 0 Å². The number of rotatable bonds is 4. The molecule has 76 valence electrons. The zero-order chi connectivity index (χ0) is 10.5. The summed E-state index contributed by atoms with van der Waals surface area (Å²) >= 11 is 5.09. The van der Waals surface area contributed by atoms with Crippen molar-refractivity contribution >= 4 is 23.1 Å². The van der Waals surface area contributed by atoms with Crippen LogP contribution in [0, 0.1) is 5.41 Å². The fraction of sp³-hybridized carbons (Fsp3) is 0.800. The molecular weight excluding hydrogens is 184 g/mol. The first kappa shape index (κ1) is 12.6. The SMILES string of the molecule is CCOC(=O)CC(=S)CC(C)(C)C. The zero-order valence-corrected chi connectivity index (χ0v) is 9.66. The molecule has 0 spiro atoms. The van der Waals surface area contributed by atoms with Gasteiger partial charge >= 0.3 is 5.97 Å². The molecule has 0 amide bonds. The van der Waals surface area contributed by atoms with Gasteiger partial charge in [-0.15, -0.1) is 0 Å². The molecule has 0 bridgehead atoms. The summed E-state index contributed by atoms with van der Waals surface area (Å²) < 4.78 is 4.80. The highest BCUT2D eigenvalue weighted by Gasteiger charge is 2.15. The second-order valence-electron chi connectivity index (χ2n) is 4.26. The Hall–Kier alpha value is -0.440. The Morgan fingerprint density at radius 1 is 1.38 bits per heavy atom. The molecule has 0 saturated carbocycles. The topological polar surface area (TPSA) is 26.3 Å². The summed E-state index contributed by atoms with van der Waals surface area (Å²) in [6, 6.07) is 0. The van der Waals surface area contributed by atoms with Gasteiger partial charge in [0.15, 0.2) is 0 Å². The zero-order valence-electron chi connectivity index (χ0n) is 8.85. The molecule has 3 heteroatoms. The Morgan fingerprint density at radius 3 is 2.31 bits per heavy atom. The van der Waals surface area contributed by atoms with Gasteiger partial charge in [-0.25, -0.2) is 0 Å². The number of hydrogen-bond donors (Lipinski definition) is 0. The van der Waals surface area contributed by atoms with Gasteiger partial charge in [0, 0.05) is 4.86 Å². The van der Waals surface area contributed by atoms with Crippen LogP contribution in [0.1, 0.15) is 40.5 Å². The lowest BCUT2D eigenvalue weighted by atomic mass is 9.90. The van der Waals surface area contributed by atoms with E-state index in [0.29, 0.717) is 6.61 Å². The third-order valence-electron chi connectivity index (χ3n) is 1.37. The van der Waals surface area contributed by atoms with Crippen molar-refractivity contribution in [2.45, 2.75) is 40.5 Å². The number of thiocarbonyl (C=S) groups is 1. The minimum atomic E-state index is -0.211. The Balaban J connectivity index is 3.82. The first-order valence-electron chi connectivity index (χ1n) is 4.52. The lowest BCUT2D eigenvalue weighted by Gasteiger charge is -2.17. The molecule has 0 aliphatic heterocycles. The maximum Gasteiger partial charge on any atom is 0.310 e. The summed E-state index contributed by atoms with van der Waals surface area (Å²) in [6.45, 7) is 8.53. The molecule has 0 heterocycles. The average Bonchev–Trinajstić information content (AvgIpc) is 1.81. The number of ether oxygens (including phenoxy) is 1. The molecule has 0 unspecified atom stereocenters. The summed E-state index contributed by atoms with van der Waals surface area (Å²) in [5.74, 6) is -0.211. The standard InChI is InChI=1S/C10H18O2S/c1-5-12-9(11)6-8(13)7-10(2,3)4/h5-7H2,1-4H3. The van der Waals surface area contributed by atoms with Crippen molar-refractivity contribution in [3.8, 4) is 0 Å². The van der Waals surface area contributed by atoms with Crippen LogP contribution in [0.15, 0.2) is 0 Å². The van der Waals surface area contributed by atoms with Gasteiger partial charge in [-0.3, -0.25) is 4.79 Å². The van der Waals surface area contributed by atoms with Gasteiger partial charge in [0.25, 0.3) is 0 Å². The van der Waals surface area contributed by atoms with Crippen LogP contribution < -0.4 is 0 Å². The Kier molecular flexibility index (Phi) is 5.14. The Bertz CT molecular complexity index is 192. The van der Waals surface area contributed by atoms with Crippen molar-refractivity contribution in [3.05, 3.63) is 0 Å². The lowest BCUT2D eigenvalue weighted by molar-refractivity contribution is -0.141. The van der Waals surface area contributed by atoms with E-state index in [1.807, 2.05) is 0 Å². The minimum absolute atomic E-state index is 0.156. The van der Waals surface area contributed by atoms with Gasteiger partial charge in [-0.05, 0) is 18.8 Å². The normalized spacial score (nSPS) is 11.1. The molecule has 0 aromatic heterocycles. The maximum absolute atomic E-state index is 11.0. The van der Waals surface area contributed by atoms with Gasteiger partial charge in [0.2, 0.25) is 0 Å². The van der Waals surface area contributed by atoms with Crippen LogP contribution >= 0.6 is 12.2 Å². The first-order valence-corrected chi connectivity index (χ1v) is 4.93. The van der Waals surface area contributed by atoms with Crippen LogP contribution in [-0.2, 0) is 9.53 Å². The predicted molar refractivity (Wildman–Crippen MR) is 57.9 cm³/mol. The van der Waals surface area contributed by atoms with Crippen LogP contribution in [0.25, 0.3) is 0 Å². The summed E-state index contributed by atoms with van der Waals surface area (Å²) in [5, 5.41) is 0. The summed E-state index contributed by atoms with van der Waals surface area (Å²) in [5.41, 5.74) is 0.156. The van der Waals surface area contributed by atoms with Crippen LogP contribution in [0.5, 0.6) is 0 Å². The highest BCUT2D eigenvalue weighted by molar-refractivity contribution is 7.80. The van der Waals surface area contributed by atoms with Crippen molar-refractivity contribution in [1.29, 1.82) is 0 Å². The molecule has 0 rings (SSSR count). The van der Waals surface area contributed by atoms with E-state index in [1.165, 1.54) is 0 Å². The van der Waals surface area contributed by atoms with E-state index in [0.717, 1.165) is 11.3 Å². The highest BCUT2D eigenvalue weighted by Crippen LogP contribution is 2.20. The van der Waals surface area contributed by atoms with Crippen LogP contribution in [-0.4, -0.2) is 17.4 Å². The third-order valence-corrected chi connectivity index (χ3v) is 1.66. The second kappa shape index (κ2) is 5.32. The molecule has 0 N–H and O–H groups in total. The van der Waals surface area contributed by atoms with E-state index in [9.17, 15) is 4.79 Å². The molecule has 0 aliphatic rings. The van der Waals surface area contributed by atoms with E-state index in [2.05, 4.69) is 20.8 Å². The number of esters is 1. The maximum atomic E-state index is 11.0. The van der Waals surface area contributed by atoms with Gasteiger partial charge in [-0.1, -0.05) is 33.0 Å². The lowest BCUT2D eigenvalue weighted by Crippen LogP contribution is -2.16. The van der Waals surface area contributed by atoms with Crippen molar-refractivity contribution in [2.24, 2.45) is 5.41 Å². The Morgan fingerprint density at radius 2 is 1.92 bits per heavy atom. The van der Waals surface area contributed by atoms with E-state index in [1.54, 1.807) is 6.92 Å². The average molecular weight is 202 g/mol. The predicted octanol–water partition coefficient (Wildman–Crippen LogP) is 2.75. The van der Waals surface area contributed by atoms with Gasteiger partial charge < -0.3 is 4.74 Å². The molecular formula is C10H18O2S. The molecule has 0 aromatic rings. The smallest absolute Gasteiger partial charge is 0.310 e. The van der Waals surface area contributed by atoms with Crippen molar-refractivity contribution < 1.29 is 9.53 Å². The molecule has 13 heavy (non-hydrogen) atoms. The van der Waals surface area contributed by atoms with E-state index >= 15 is 0 Å².